The lowest BCUT2D eigenvalue weighted by atomic mass is 10.2. The van der Waals surface area contributed by atoms with Crippen LogP contribution in [0.25, 0.3) is 20.1 Å². The summed E-state index contributed by atoms with van der Waals surface area (Å²) in [5.41, 5.74) is 1.79. The Morgan fingerprint density at radius 3 is 2.41 bits per heavy atom. The number of nitrogens with zero attached hydrogens (tertiary/aromatic N) is 3. The number of thiazole rings is 1. The van der Waals surface area contributed by atoms with Gasteiger partial charge >= 0.3 is 0 Å². The third-order valence-corrected chi connectivity index (χ3v) is 7.68. The Morgan fingerprint density at radius 2 is 1.62 bits per heavy atom. The van der Waals surface area contributed by atoms with Crippen LogP contribution in [0.15, 0.2) is 66.7 Å². The van der Waals surface area contributed by atoms with E-state index in [0.29, 0.717) is 32.7 Å². The molecule has 2 aromatic carbocycles. The molecule has 5 rings (SSSR count). The summed E-state index contributed by atoms with van der Waals surface area (Å²) in [6.45, 7) is 2.93. The summed E-state index contributed by atoms with van der Waals surface area (Å²) >= 11 is 3.14. The number of carbonyl (C=O) groups excluding carboxylic acids is 2. The molecule has 0 spiro atoms. The fourth-order valence-corrected chi connectivity index (χ4v) is 5.73. The van der Waals surface area contributed by atoms with Gasteiger partial charge in [-0.05, 0) is 36.4 Å². The first-order valence-electron chi connectivity index (χ1n) is 10.5. The van der Waals surface area contributed by atoms with E-state index in [1.54, 1.807) is 11.3 Å². The summed E-state index contributed by atoms with van der Waals surface area (Å²) in [5, 5.41) is 3.86. The molecule has 0 aliphatic carbocycles. The molecule has 0 atom stereocenters. The van der Waals surface area contributed by atoms with Gasteiger partial charge in [0.25, 0.3) is 5.91 Å². The zero-order chi connectivity index (χ0) is 21.9. The SMILES string of the molecule is O=C(CN1CCN(C(=O)c2ccc(-c3nc4ccccc4s3)s2)CC1)Nc1ccccc1. The summed E-state index contributed by atoms with van der Waals surface area (Å²) in [6.07, 6.45) is 0. The number of rotatable bonds is 5. The smallest absolute Gasteiger partial charge is 0.264 e. The lowest BCUT2D eigenvalue weighted by Gasteiger charge is -2.34. The topological polar surface area (TPSA) is 65.5 Å². The molecule has 2 amide bonds. The second-order valence-electron chi connectivity index (χ2n) is 7.63. The van der Waals surface area contributed by atoms with Crippen LogP contribution < -0.4 is 5.32 Å². The Hall–Kier alpha value is -3.07. The number of anilines is 1. The highest BCUT2D eigenvalue weighted by Gasteiger charge is 2.24. The molecule has 1 aliphatic heterocycles. The lowest BCUT2D eigenvalue weighted by Crippen LogP contribution is -2.50. The Labute approximate surface area is 194 Å². The largest absolute Gasteiger partial charge is 0.335 e. The van der Waals surface area contributed by atoms with Crippen LogP contribution in [-0.2, 0) is 4.79 Å². The maximum absolute atomic E-state index is 13.0. The molecule has 3 heterocycles. The molecule has 162 valence electrons. The first kappa shape index (κ1) is 20.8. The van der Waals surface area contributed by atoms with Crippen LogP contribution in [-0.4, -0.2) is 59.3 Å². The molecular weight excluding hydrogens is 440 g/mol. The van der Waals surface area contributed by atoms with Gasteiger partial charge in [-0.15, -0.1) is 22.7 Å². The van der Waals surface area contributed by atoms with Gasteiger partial charge in [0, 0.05) is 31.9 Å². The maximum Gasteiger partial charge on any atom is 0.264 e. The number of hydrogen-bond donors (Lipinski definition) is 1. The van der Waals surface area contributed by atoms with Crippen molar-refractivity contribution in [2.24, 2.45) is 0 Å². The number of nitrogens with one attached hydrogen (secondary N) is 1. The van der Waals surface area contributed by atoms with E-state index in [-0.39, 0.29) is 11.8 Å². The number of piperazine rings is 1. The molecule has 0 radical (unpaired) electrons. The van der Waals surface area contributed by atoms with E-state index in [4.69, 9.17) is 4.98 Å². The molecule has 32 heavy (non-hydrogen) atoms. The minimum Gasteiger partial charge on any atom is -0.335 e. The number of para-hydroxylation sites is 2. The third kappa shape index (κ3) is 4.57. The number of aromatic nitrogens is 1. The van der Waals surface area contributed by atoms with Crippen molar-refractivity contribution in [3.63, 3.8) is 0 Å². The first-order valence-corrected chi connectivity index (χ1v) is 12.1. The van der Waals surface area contributed by atoms with Crippen LogP contribution in [0.1, 0.15) is 9.67 Å². The first-order chi connectivity index (χ1) is 15.7. The summed E-state index contributed by atoms with van der Waals surface area (Å²) in [7, 11) is 0. The Bertz CT molecular complexity index is 1210. The average Bonchev–Trinajstić information content (AvgIpc) is 3.47. The van der Waals surface area contributed by atoms with Crippen molar-refractivity contribution < 1.29 is 9.59 Å². The van der Waals surface area contributed by atoms with Gasteiger partial charge in [-0.2, -0.15) is 0 Å². The number of carbonyl (C=O) groups is 2. The molecule has 2 aromatic heterocycles. The van der Waals surface area contributed by atoms with Crippen molar-refractivity contribution in [1.82, 2.24) is 14.8 Å². The van der Waals surface area contributed by atoms with Crippen LogP contribution in [0.3, 0.4) is 0 Å². The van der Waals surface area contributed by atoms with Gasteiger partial charge in [-0.1, -0.05) is 30.3 Å². The quantitative estimate of drug-likeness (QED) is 0.477. The van der Waals surface area contributed by atoms with Gasteiger partial charge in [0.05, 0.1) is 26.5 Å². The van der Waals surface area contributed by atoms with E-state index < -0.39 is 0 Å². The van der Waals surface area contributed by atoms with E-state index in [1.807, 2.05) is 65.6 Å². The molecule has 0 saturated carbocycles. The van der Waals surface area contributed by atoms with E-state index in [2.05, 4.69) is 16.3 Å². The molecule has 8 heteroatoms. The summed E-state index contributed by atoms with van der Waals surface area (Å²) < 4.78 is 1.15. The minimum absolute atomic E-state index is 0.0327. The van der Waals surface area contributed by atoms with E-state index in [0.717, 1.165) is 30.7 Å². The maximum atomic E-state index is 13.0. The fraction of sp³-hybridized carbons (Fsp3) is 0.208. The van der Waals surface area contributed by atoms with Gasteiger partial charge in [-0.3, -0.25) is 14.5 Å². The van der Waals surface area contributed by atoms with Crippen molar-refractivity contribution in [2.45, 2.75) is 0 Å². The predicted molar refractivity (Wildman–Crippen MR) is 130 cm³/mol. The Morgan fingerprint density at radius 1 is 0.875 bits per heavy atom. The van der Waals surface area contributed by atoms with Crippen LogP contribution in [0.4, 0.5) is 5.69 Å². The second kappa shape index (κ2) is 9.20. The molecule has 0 bridgehead atoms. The van der Waals surface area contributed by atoms with Crippen LogP contribution >= 0.6 is 22.7 Å². The van der Waals surface area contributed by atoms with Crippen LogP contribution in [0.2, 0.25) is 0 Å². The number of amides is 2. The van der Waals surface area contributed by atoms with Crippen molar-refractivity contribution in [1.29, 1.82) is 0 Å². The summed E-state index contributed by atoms with van der Waals surface area (Å²) in [4.78, 5) is 35.7. The van der Waals surface area contributed by atoms with Crippen molar-refractivity contribution >= 4 is 50.4 Å². The lowest BCUT2D eigenvalue weighted by molar-refractivity contribution is -0.117. The molecule has 1 N–H and O–H groups in total. The number of benzene rings is 2. The Kier molecular flexibility index (Phi) is 5.98. The van der Waals surface area contributed by atoms with E-state index in [1.165, 1.54) is 11.3 Å². The highest BCUT2D eigenvalue weighted by Crippen LogP contribution is 2.34. The van der Waals surface area contributed by atoms with Crippen LogP contribution in [0, 0.1) is 0 Å². The van der Waals surface area contributed by atoms with Gasteiger partial charge in [-0.25, -0.2) is 4.98 Å². The standard InChI is InChI=1S/C24H22N4O2S2/c29-22(25-17-6-2-1-3-7-17)16-27-12-14-28(15-13-27)24(30)21-11-10-20(31-21)23-26-18-8-4-5-9-19(18)32-23/h1-11H,12-16H2,(H,25,29). The Balaban J connectivity index is 1.16. The van der Waals surface area contributed by atoms with Gasteiger partial charge in [0.1, 0.15) is 5.01 Å². The molecule has 1 aliphatic rings. The molecule has 4 aromatic rings. The van der Waals surface area contributed by atoms with Gasteiger partial charge in [0.15, 0.2) is 0 Å². The normalized spacial score (nSPS) is 14.6. The zero-order valence-corrected chi connectivity index (χ0v) is 19.0. The van der Waals surface area contributed by atoms with Crippen molar-refractivity contribution in [3.8, 4) is 9.88 Å². The monoisotopic (exact) mass is 462 g/mol. The van der Waals surface area contributed by atoms with Gasteiger partial charge < -0.3 is 10.2 Å². The summed E-state index contributed by atoms with van der Waals surface area (Å²) in [6, 6.07) is 21.4. The molecule has 6 nitrogen and oxygen atoms in total. The van der Waals surface area contributed by atoms with Gasteiger partial charge in [0.2, 0.25) is 5.91 Å². The highest BCUT2D eigenvalue weighted by molar-refractivity contribution is 7.26. The second-order valence-corrected chi connectivity index (χ2v) is 9.75. The number of thiophene rings is 1. The van der Waals surface area contributed by atoms with E-state index in [9.17, 15) is 9.59 Å². The number of hydrogen-bond acceptors (Lipinski definition) is 6. The van der Waals surface area contributed by atoms with Crippen molar-refractivity contribution in [2.75, 3.05) is 38.0 Å². The fourth-order valence-electron chi connectivity index (χ4n) is 3.74. The molecular formula is C24H22N4O2S2. The van der Waals surface area contributed by atoms with E-state index >= 15 is 0 Å². The average molecular weight is 463 g/mol. The predicted octanol–water partition coefficient (Wildman–Crippen LogP) is 4.42. The molecule has 0 unspecified atom stereocenters. The van der Waals surface area contributed by atoms with Crippen molar-refractivity contribution in [3.05, 3.63) is 71.6 Å². The number of fused-ring (bicyclic) bond motifs is 1. The summed E-state index contributed by atoms with van der Waals surface area (Å²) in [5.74, 6) is 0.0189. The molecule has 1 saturated heterocycles. The van der Waals surface area contributed by atoms with Crippen LogP contribution in [0.5, 0.6) is 0 Å². The zero-order valence-electron chi connectivity index (χ0n) is 17.4. The highest BCUT2D eigenvalue weighted by atomic mass is 32.1. The minimum atomic E-state index is -0.0327. The third-order valence-electron chi connectivity index (χ3n) is 5.41. The molecule has 1 fully saturated rings.